The van der Waals surface area contributed by atoms with Gasteiger partial charge >= 0.3 is 5.97 Å². The van der Waals surface area contributed by atoms with Crippen molar-refractivity contribution in [3.63, 3.8) is 0 Å². The lowest BCUT2D eigenvalue weighted by Crippen LogP contribution is -2.14. The van der Waals surface area contributed by atoms with Gasteiger partial charge in [-0.15, -0.1) is 0 Å². The zero-order valence-corrected chi connectivity index (χ0v) is 9.85. The first-order valence-corrected chi connectivity index (χ1v) is 5.61. The lowest BCUT2D eigenvalue weighted by Gasteiger charge is -2.07. The van der Waals surface area contributed by atoms with Crippen molar-refractivity contribution in [1.29, 1.82) is 0 Å². The van der Waals surface area contributed by atoms with E-state index in [0.29, 0.717) is 13.2 Å². The predicted molar refractivity (Wildman–Crippen MR) is 63.2 cm³/mol. The van der Waals surface area contributed by atoms with Crippen LogP contribution in [0.2, 0.25) is 0 Å². The molecule has 1 aromatic rings. The molecule has 1 rings (SSSR count). The molecule has 0 bridgehead atoms. The highest BCUT2D eigenvalue weighted by Gasteiger charge is 2.11. The van der Waals surface area contributed by atoms with Crippen LogP contribution in [0.1, 0.15) is 30.3 Å². The second-order valence-corrected chi connectivity index (χ2v) is 3.45. The number of hydrogen-bond donors (Lipinski definition) is 2. The zero-order valence-electron chi connectivity index (χ0n) is 9.85. The van der Waals surface area contributed by atoms with Gasteiger partial charge in [0.25, 0.3) is 0 Å². The van der Waals surface area contributed by atoms with E-state index < -0.39 is 5.97 Å². The van der Waals surface area contributed by atoms with Crippen molar-refractivity contribution < 1.29 is 14.6 Å². The van der Waals surface area contributed by atoms with Gasteiger partial charge in [-0.25, -0.2) is 14.8 Å². The largest absolute Gasteiger partial charge is 0.476 e. The number of carboxylic acids is 1. The summed E-state index contributed by atoms with van der Waals surface area (Å²) in [7, 11) is 0. The van der Waals surface area contributed by atoms with Crippen LogP contribution in [0.4, 0.5) is 5.82 Å². The van der Waals surface area contributed by atoms with Gasteiger partial charge in [-0.1, -0.05) is 13.3 Å². The standard InChI is InChI=1S/C11H17N3O3/c1-2-3-7-17-8-6-14-10-9(11(15)16)12-4-5-13-10/h4-5H,2-3,6-8H2,1H3,(H,13,14)(H,15,16). The Kier molecular flexibility index (Phi) is 5.95. The molecule has 0 fully saturated rings. The van der Waals surface area contributed by atoms with Crippen LogP contribution in [-0.4, -0.2) is 40.8 Å². The Morgan fingerprint density at radius 1 is 1.41 bits per heavy atom. The number of unbranched alkanes of at least 4 members (excludes halogenated alkanes) is 1. The van der Waals surface area contributed by atoms with Gasteiger partial charge in [0.05, 0.1) is 6.61 Å². The normalized spacial score (nSPS) is 10.2. The maximum Gasteiger partial charge on any atom is 0.358 e. The second kappa shape index (κ2) is 7.56. The minimum atomic E-state index is -1.09. The molecule has 0 radical (unpaired) electrons. The highest BCUT2D eigenvalue weighted by Crippen LogP contribution is 2.07. The number of anilines is 1. The van der Waals surface area contributed by atoms with Crippen LogP contribution >= 0.6 is 0 Å². The number of rotatable bonds is 8. The topological polar surface area (TPSA) is 84.3 Å². The fraction of sp³-hybridized carbons (Fsp3) is 0.545. The highest BCUT2D eigenvalue weighted by molar-refractivity contribution is 5.90. The van der Waals surface area contributed by atoms with Crippen LogP contribution in [0.25, 0.3) is 0 Å². The first-order valence-electron chi connectivity index (χ1n) is 5.61. The number of carboxylic acid groups (broad SMARTS) is 1. The van der Waals surface area contributed by atoms with E-state index in [2.05, 4.69) is 22.2 Å². The molecule has 2 N–H and O–H groups in total. The van der Waals surface area contributed by atoms with Crippen LogP contribution in [-0.2, 0) is 4.74 Å². The van der Waals surface area contributed by atoms with Gasteiger partial charge in [-0.05, 0) is 6.42 Å². The lowest BCUT2D eigenvalue weighted by atomic mass is 10.4. The summed E-state index contributed by atoms with van der Waals surface area (Å²) in [6.07, 6.45) is 4.94. The second-order valence-electron chi connectivity index (χ2n) is 3.45. The number of aromatic carboxylic acids is 1. The average molecular weight is 239 g/mol. The molecule has 0 saturated heterocycles. The molecule has 1 heterocycles. The summed E-state index contributed by atoms with van der Waals surface area (Å²) in [5.74, 6) is -0.813. The van der Waals surface area contributed by atoms with Crippen LogP contribution in [0, 0.1) is 0 Å². The molecule has 1 aromatic heterocycles. The van der Waals surface area contributed by atoms with Crippen molar-refractivity contribution in [3.05, 3.63) is 18.1 Å². The summed E-state index contributed by atoms with van der Waals surface area (Å²) >= 11 is 0. The van der Waals surface area contributed by atoms with E-state index >= 15 is 0 Å². The summed E-state index contributed by atoms with van der Waals surface area (Å²) < 4.78 is 5.34. The van der Waals surface area contributed by atoms with E-state index in [9.17, 15) is 4.79 Å². The molecule has 0 amide bonds. The van der Waals surface area contributed by atoms with Crippen molar-refractivity contribution in [3.8, 4) is 0 Å². The van der Waals surface area contributed by atoms with Crippen LogP contribution < -0.4 is 5.32 Å². The van der Waals surface area contributed by atoms with Gasteiger partial charge in [0.15, 0.2) is 11.5 Å². The van der Waals surface area contributed by atoms with E-state index in [1.54, 1.807) is 0 Å². The highest BCUT2D eigenvalue weighted by atomic mass is 16.5. The van der Waals surface area contributed by atoms with E-state index in [4.69, 9.17) is 9.84 Å². The van der Waals surface area contributed by atoms with Crippen molar-refractivity contribution in [1.82, 2.24) is 9.97 Å². The van der Waals surface area contributed by atoms with Crippen molar-refractivity contribution in [2.75, 3.05) is 25.1 Å². The van der Waals surface area contributed by atoms with E-state index in [1.807, 2.05) is 0 Å². The van der Waals surface area contributed by atoms with Gasteiger partial charge < -0.3 is 15.2 Å². The summed E-state index contributed by atoms with van der Waals surface area (Å²) in [4.78, 5) is 18.5. The third-order valence-electron chi connectivity index (χ3n) is 2.08. The molecule has 0 aliphatic heterocycles. The third-order valence-corrected chi connectivity index (χ3v) is 2.08. The first-order chi connectivity index (χ1) is 8.25. The van der Waals surface area contributed by atoms with E-state index in [1.165, 1.54) is 12.4 Å². The van der Waals surface area contributed by atoms with Gasteiger partial charge in [0, 0.05) is 25.5 Å². The van der Waals surface area contributed by atoms with Crippen molar-refractivity contribution in [2.24, 2.45) is 0 Å². The molecule has 0 atom stereocenters. The van der Waals surface area contributed by atoms with Crippen LogP contribution in [0.3, 0.4) is 0 Å². The SMILES string of the molecule is CCCCOCCNc1nccnc1C(=O)O. The maximum absolute atomic E-state index is 10.8. The lowest BCUT2D eigenvalue weighted by molar-refractivity contribution is 0.0691. The van der Waals surface area contributed by atoms with Crippen molar-refractivity contribution >= 4 is 11.8 Å². The van der Waals surface area contributed by atoms with Gasteiger partial charge in [0.2, 0.25) is 0 Å². The van der Waals surface area contributed by atoms with Crippen molar-refractivity contribution in [2.45, 2.75) is 19.8 Å². The minimum absolute atomic E-state index is 0.0685. The van der Waals surface area contributed by atoms with E-state index in [0.717, 1.165) is 19.4 Å². The summed E-state index contributed by atoms with van der Waals surface area (Å²) in [5.41, 5.74) is -0.0685. The molecule has 6 nitrogen and oxygen atoms in total. The number of nitrogens with one attached hydrogen (secondary N) is 1. The fourth-order valence-electron chi connectivity index (χ4n) is 1.21. The molecule has 0 aliphatic rings. The number of hydrogen-bond acceptors (Lipinski definition) is 5. The summed E-state index contributed by atoms with van der Waals surface area (Å²) in [6.45, 7) is 3.86. The smallest absolute Gasteiger partial charge is 0.358 e. The summed E-state index contributed by atoms with van der Waals surface area (Å²) in [6, 6.07) is 0. The molecule has 17 heavy (non-hydrogen) atoms. The quantitative estimate of drug-likeness (QED) is 0.667. The molecule has 0 spiro atoms. The minimum Gasteiger partial charge on any atom is -0.476 e. The Labute approximate surface area is 100 Å². The molecular weight excluding hydrogens is 222 g/mol. The van der Waals surface area contributed by atoms with E-state index in [-0.39, 0.29) is 11.5 Å². The first kappa shape index (κ1) is 13.4. The predicted octanol–water partition coefficient (Wildman–Crippen LogP) is 1.40. The molecule has 94 valence electrons. The van der Waals surface area contributed by atoms with Gasteiger partial charge in [-0.2, -0.15) is 0 Å². The number of nitrogens with zero attached hydrogens (tertiary/aromatic N) is 2. The monoisotopic (exact) mass is 239 g/mol. The van der Waals surface area contributed by atoms with Crippen LogP contribution in [0.5, 0.6) is 0 Å². The molecule has 6 heteroatoms. The Morgan fingerprint density at radius 3 is 2.88 bits per heavy atom. The van der Waals surface area contributed by atoms with Gasteiger partial charge in [0.1, 0.15) is 0 Å². The third kappa shape index (κ3) is 4.78. The Balaban J connectivity index is 2.34. The number of aromatic nitrogens is 2. The molecule has 0 aliphatic carbocycles. The Hall–Kier alpha value is -1.69. The molecule has 0 aromatic carbocycles. The Morgan fingerprint density at radius 2 is 2.18 bits per heavy atom. The average Bonchev–Trinajstić information content (AvgIpc) is 2.34. The zero-order chi connectivity index (χ0) is 12.5. The Bertz CT molecular complexity index is 358. The molecule has 0 unspecified atom stereocenters. The molecule has 0 saturated carbocycles. The van der Waals surface area contributed by atoms with Gasteiger partial charge in [-0.3, -0.25) is 0 Å². The van der Waals surface area contributed by atoms with Crippen LogP contribution in [0.15, 0.2) is 12.4 Å². The number of ether oxygens (including phenoxy) is 1. The summed E-state index contributed by atoms with van der Waals surface area (Å²) in [5, 5.41) is 11.8. The maximum atomic E-state index is 10.8. The fourth-order valence-corrected chi connectivity index (χ4v) is 1.21. The molecular formula is C11H17N3O3. The number of carbonyl (C=O) groups is 1.